The second kappa shape index (κ2) is 8.15. The van der Waals surface area contributed by atoms with Crippen molar-refractivity contribution in [3.8, 4) is 6.07 Å². The van der Waals surface area contributed by atoms with Crippen molar-refractivity contribution in [2.75, 3.05) is 17.7 Å². The Bertz CT molecular complexity index is 808. The molecule has 2 aromatic carbocycles. The molecule has 0 heterocycles. The molecule has 0 atom stereocenters. The first-order valence-corrected chi connectivity index (χ1v) is 7.05. The molecule has 0 aromatic heterocycles. The molecular formula is C18H15N3O3. The van der Waals surface area contributed by atoms with Crippen molar-refractivity contribution in [1.29, 1.82) is 5.26 Å². The van der Waals surface area contributed by atoms with Crippen molar-refractivity contribution in [3.05, 3.63) is 71.9 Å². The Morgan fingerprint density at radius 1 is 1.08 bits per heavy atom. The van der Waals surface area contributed by atoms with Gasteiger partial charge in [0.1, 0.15) is 6.07 Å². The molecular weight excluding hydrogens is 306 g/mol. The van der Waals surface area contributed by atoms with E-state index in [1.807, 2.05) is 6.07 Å². The summed E-state index contributed by atoms with van der Waals surface area (Å²) in [6.45, 7) is 0. The van der Waals surface area contributed by atoms with Gasteiger partial charge in [-0.3, -0.25) is 4.79 Å². The van der Waals surface area contributed by atoms with E-state index in [9.17, 15) is 9.59 Å². The lowest BCUT2D eigenvalue weighted by atomic mass is 10.2. The molecule has 0 bridgehead atoms. The first kappa shape index (κ1) is 16.8. The summed E-state index contributed by atoms with van der Waals surface area (Å²) < 4.78 is 4.49. The molecule has 0 spiro atoms. The van der Waals surface area contributed by atoms with E-state index in [4.69, 9.17) is 5.26 Å². The molecule has 0 saturated heterocycles. The van der Waals surface area contributed by atoms with E-state index in [-0.39, 0.29) is 11.5 Å². The molecule has 1 amide bonds. The van der Waals surface area contributed by atoms with Crippen molar-refractivity contribution in [1.82, 2.24) is 0 Å². The summed E-state index contributed by atoms with van der Waals surface area (Å²) in [5.74, 6) is -0.950. The Kier molecular flexibility index (Phi) is 5.70. The zero-order valence-electron chi connectivity index (χ0n) is 12.9. The molecule has 0 aliphatic heterocycles. The number of carbonyl (C=O) groups excluding carboxylic acids is 2. The van der Waals surface area contributed by atoms with Crippen LogP contribution in [-0.2, 0) is 9.53 Å². The van der Waals surface area contributed by atoms with Gasteiger partial charge in [-0.2, -0.15) is 5.26 Å². The van der Waals surface area contributed by atoms with Crippen molar-refractivity contribution < 1.29 is 14.3 Å². The van der Waals surface area contributed by atoms with E-state index < -0.39 is 5.97 Å². The van der Waals surface area contributed by atoms with Gasteiger partial charge in [0.05, 0.1) is 7.11 Å². The Hall–Kier alpha value is -3.59. The van der Waals surface area contributed by atoms with Crippen LogP contribution in [-0.4, -0.2) is 19.0 Å². The minimum atomic E-state index is -0.724. The first-order valence-electron chi connectivity index (χ1n) is 7.05. The minimum absolute atomic E-state index is 0.156. The molecule has 2 N–H and O–H groups in total. The third-order valence-electron chi connectivity index (χ3n) is 3.07. The zero-order chi connectivity index (χ0) is 17.4. The van der Waals surface area contributed by atoms with Gasteiger partial charge in [-0.05, 0) is 30.3 Å². The maximum absolute atomic E-state index is 12.1. The maximum Gasteiger partial charge on any atom is 0.350 e. The number of benzene rings is 2. The summed E-state index contributed by atoms with van der Waals surface area (Å²) in [4.78, 5) is 23.4. The number of hydrogen-bond acceptors (Lipinski definition) is 5. The largest absolute Gasteiger partial charge is 0.465 e. The Labute approximate surface area is 139 Å². The van der Waals surface area contributed by atoms with Crippen LogP contribution in [0.4, 0.5) is 11.4 Å². The number of methoxy groups -OCH3 is 1. The predicted octanol–water partition coefficient (Wildman–Crippen LogP) is 2.93. The molecule has 2 rings (SSSR count). The summed E-state index contributed by atoms with van der Waals surface area (Å²) in [7, 11) is 1.20. The van der Waals surface area contributed by atoms with Crippen LogP contribution in [0, 0.1) is 11.3 Å². The second-order valence-corrected chi connectivity index (χ2v) is 4.71. The molecule has 6 heteroatoms. The van der Waals surface area contributed by atoms with Gasteiger partial charge in [-0.15, -0.1) is 0 Å². The molecule has 120 valence electrons. The van der Waals surface area contributed by atoms with Crippen LogP contribution in [0.5, 0.6) is 0 Å². The summed E-state index contributed by atoms with van der Waals surface area (Å²) in [5.41, 5.74) is 1.58. The number of rotatable bonds is 5. The average molecular weight is 321 g/mol. The van der Waals surface area contributed by atoms with Gasteiger partial charge in [0.15, 0.2) is 5.57 Å². The van der Waals surface area contributed by atoms with Crippen molar-refractivity contribution in [2.45, 2.75) is 0 Å². The number of amides is 1. The van der Waals surface area contributed by atoms with E-state index in [1.54, 1.807) is 54.6 Å². The van der Waals surface area contributed by atoms with Gasteiger partial charge in [0.25, 0.3) is 5.91 Å². The van der Waals surface area contributed by atoms with E-state index in [0.29, 0.717) is 16.9 Å². The first-order chi connectivity index (χ1) is 11.6. The van der Waals surface area contributed by atoms with Crippen LogP contribution in [0.1, 0.15) is 10.4 Å². The predicted molar refractivity (Wildman–Crippen MR) is 90.2 cm³/mol. The molecule has 0 radical (unpaired) electrons. The molecule has 6 nitrogen and oxygen atoms in total. The van der Waals surface area contributed by atoms with Gasteiger partial charge in [0, 0.05) is 23.1 Å². The van der Waals surface area contributed by atoms with Crippen LogP contribution >= 0.6 is 0 Å². The van der Waals surface area contributed by atoms with E-state index >= 15 is 0 Å². The highest BCUT2D eigenvalue weighted by Gasteiger charge is 2.08. The highest BCUT2D eigenvalue weighted by atomic mass is 16.5. The number of nitrogens with one attached hydrogen (secondary N) is 2. The van der Waals surface area contributed by atoms with Crippen LogP contribution in [0.3, 0.4) is 0 Å². The number of anilines is 2. The maximum atomic E-state index is 12.1. The Balaban J connectivity index is 2.09. The molecule has 0 aliphatic rings. The highest BCUT2D eigenvalue weighted by molar-refractivity contribution is 6.04. The third-order valence-corrected chi connectivity index (χ3v) is 3.07. The Morgan fingerprint density at radius 3 is 2.46 bits per heavy atom. The lowest BCUT2D eigenvalue weighted by molar-refractivity contribution is -0.135. The number of hydrogen-bond donors (Lipinski definition) is 2. The van der Waals surface area contributed by atoms with Crippen LogP contribution in [0.15, 0.2) is 66.4 Å². The molecule has 2 aromatic rings. The smallest absolute Gasteiger partial charge is 0.350 e. The monoisotopic (exact) mass is 321 g/mol. The molecule has 0 saturated carbocycles. The Morgan fingerprint density at radius 2 is 1.79 bits per heavy atom. The van der Waals surface area contributed by atoms with E-state index in [1.165, 1.54) is 13.3 Å². The topological polar surface area (TPSA) is 91.2 Å². The van der Waals surface area contributed by atoms with Gasteiger partial charge >= 0.3 is 5.97 Å². The molecule has 24 heavy (non-hydrogen) atoms. The molecule has 0 fully saturated rings. The lowest BCUT2D eigenvalue weighted by Crippen LogP contribution is -2.11. The van der Waals surface area contributed by atoms with Crippen molar-refractivity contribution >= 4 is 23.3 Å². The van der Waals surface area contributed by atoms with Crippen molar-refractivity contribution in [3.63, 3.8) is 0 Å². The van der Waals surface area contributed by atoms with Gasteiger partial charge in [0.2, 0.25) is 0 Å². The average Bonchev–Trinajstić information content (AvgIpc) is 2.63. The van der Waals surface area contributed by atoms with Crippen LogP contribution < -0.4 is 10.6 Å². The summed E-state index contributed by atoms with van der Waals surface area (Å²) in [6, 6.07) is 17.5. The van der Waals surface area contributed by atoms with Crippen LogP contribution in [0.25, 0.3) is 0 Å². The molecule has 0 unspecified atom stereocenters. The number of ether oxygens (including phenoxy) is 1. The van der Waals surface area contributed by atoms with Crippen molar-refractivity contribution in [2.24, 2.45) is 0 Å². The number of nitriles is 1. The van der Waals surface area contributed by atoms with E-state index in [2.05, 4.69) is 15.4 Å². The fraction of sp³-hybridized carbons (Fsp3) is 0.0556. The third kappa shape index (κ3) is 4.45. The van der Waals surface area contributed by atoms with Gasteiger partial charge in [-0.1, -0.05) is 24.3 Å². The summed E-state index contributed by atoms with van der Waals surface area (Å²) in [6.07, 6.45) is 1.25. The van der Waals surface area contributed by atoms with E-state index in [0.717, 1.165) is 0 Å². The number of carbonyl (C=O) groups is 2. The second-order valence-electron chi connectivity index (χ2n) is 4.71. The SMILES string of the molecule is COC(=O)/C(C#N)=C\Nc1cccc(NC(=O)c2ccccc2)c1. The quantitative estimate of drug-likeness (QED) is 0.502. The highest BCUT2D eigenvalue weighted by Crippen LogP contribution is 2.16. The number of nitrogens with zero attached hydrogens (tertiary/aromatic N) is 1. The normalized spacial score (nSPS) is 10.4. The van der Waals surface area contributed by atoms with Crippen LogP contribution in [0.2, 0.25) is 0 Å². The number of esters is 1. The van der Waals surface area contributed by atoms with Gasteiger partial charge < -0.3 is 15.4 Å². The lowest BCUT2D eigenvalue weighted by Gasteiger charge is -2.08. The fourth-order valence-electron chi connectivity index (χ4n) is 1.88. The standard InChI is InChI=1S/C18H15N3O3/c1-24-18(23)14(11-19)12-20-15-8-5-9-16(10-15)21-17(22)13-6-3-2-4-7-13/h2-10,12,20H,1H3,(H,21,22)/b14-12-. The van der Waals surface area contributed by atoms with Gasteiger partial charge in [-0.25, -0.2) is 4.79 Å². The summed E-state index contributed by atoms with van der Waals surface area (Å²) >= 11 is 0. The zero-order valence-corrected chi connectivity index (χ0v) is 12.9. The fourth-order valence-corrected chi connectivity index (χ4v) is 1.88. The molecule has 0 aliphatic carbocycles. The summed E-state index contributed by atoms with van der Waals surface area (Å²) in [5, 5.41) is 14.5. The minimum Gasteiger partial charge on any atom is -0.465 e.